The van der Waals surface area contributed by atoms with Crippen LogP contribution in [0.4, 0.5) is 5.69 Å². The van der Waals surface area contributed by atoms with E-state index in [-0.39, 0.29) is 13.0 Å². The van der Waals surface area contributed by atoms with Crippen molar-refractivity contribution < 1.29 is 19.1 Å². The molecule has 0 aliphatic rings. The minimum absolute atomic E-state index is 0.115. The standard InChI is InChI=1S/C22H21NO4/c1-2-26-20-13-6-5-12-19(20)23-21(24)15-27-22(25)14-17-10-7-9-16-8-3-4-11-18(16)17/h3-13H,2,14-15H2,1H3,(H,23,24). The van der Waals surface area contributed by atoms with Crippen molar-refractivity contribution >= 4 is 28.3 Å². The van der Waals surface area contributed by atoms with Crippen LogP contribution in [0.5, 0.6) is 5.75 Å². The molecule has 3 aromatic rings. The van der Waals surface area contributed by atoms with Crippen molar-refractivity contribution in [3.05, 3.63) is 72.3 Å². The molecular weight excluding hydrogens is 342 g/mol. The predicted molar refractivity (Wildman–Crippen MR) is 105 cm³/mol. The molecule has 5 heteroatoms. The van der Waals surface area contributed by atoms with Crippen LogP contribution in [0.2, 0.25) is 0 Å². The highest BCUT2D eigenvalue weighted by Crippen LogP contribution is 2.23. The summed E-state index contributed by atoms with van der Waals surface area (Å²) in [4.78, 5) is 24.2. The maximum atomic E-state index is 12.2. The number of carbonyl (C=O) groups excluding carboxylic acids is 2. The van der Waals surface area contributed by atoms with E-state index in [0.717, 1.165) is 16.3 Å². The summed E-state index contributed by atoms with van der Waals surface area (Å²) >= 11 is 0. The highest BCUT2D eigenvalue weighted by atomic mass is 16.5. The Bertz CT molecular complexity index is 946. The lowest BCUT2D eigenvalue weighted by Gasteiger charge is -2.11. The molecule has 0 unspecified atom stereocenters. The van der Waals surface area contributed by atoms with E-state index in [0.29, 0.717) is 18.0 Å². The first-order valence-corrected chi connectivity index (χ1v) is 8.81. The molecule has 0 radical (unpaired) electrons. The molecule has 3 aromatic carbocycles. The number of ether oxygens (including phenoxy) is 2. The molecule has 0 aromatic heterocycles. The van der Waals surface area contributed by atoms with Crippen molar-refractivity contribution in [2.45, 2.75) is 13.3 Å². The summed E-state index contributed by atoms with van der Waals surface area (Å²) in [6, 6.07) is 20.8. The van der Waals surface area contributed by atoms with Gasteiger partial charge in [-0.15, -0.1) is 0 Å². The van der Waals surface area contributed by atoms with E-state index >= 15 is 0 Å². The van der Waals surface area contributed by atoms with E-state index in [1.54, 1.807) is 18.2 Å². The molecule has 27 heavy (non-hydrogen) atoms. The lowest BCUT2D eigenvalue weighted by molar-refractivity contribution is -0.146. The average molecular weight is 363 g/mol. The van der Waals surface area contributed by atoms with Gasteiger partial charge in [0.2, 0.25) is 0 Å². The second-order valence-corrected chi connectivity index (χ2v) is 5.95. The summed E-state index contributed by atoms with van der Waals surface area (Å²) in [6.07, 6.45) is 0.115. The van der Waals surface area contributed by atoms with Crippen LogP contribution in [0.1, 0.15) is 12.5 Å². The van der Waals surface area contributed by atoms with Crippen LogP contribution in [0, 0.1) is 0 Å². The van der Waals surface area contributed by atoms with Crippen LogP contribution in [-0.4, -0.2) is 25.1 Å². The Balaban J connectivity index is 1.57. The highest BCUT2D eigenvalue weighted by molar-refractivity contribution is 5.94. The first-order chi connectivity index (χ1) is 13.2. The van der Waals surface area contributed by atoms with E-state index < -0.39 is 11.9 Å². The average Bonchev–Trinajstić information content (AvgIpc) is 2.68. The number of hydrogen-bond donors (Lipinski definition) is 1. The van der Waals surface area contributed by atoms with Gasteiger partial charge in [0, 0.05) is 0 Å². The van der Waals surface area contributed by atoms with Crippen LogP contribution < -0.4 is 10.1 Å². The minimum atomic E-state index is -0.445. The number of anilines is 1. The first-order valence-electron chi connectivity index (χ1n) is 8.81. The van der Waals surface area contributed by atoms with E-state index in [1.165, 1.54) is 0 Å². The molecule has 0 aliphatic carbocycles. The monoisotopic (exact) mass is 363 g/mol. The van der Waals surface area contributed by atoms with Gasteiger partial charge in [-0.25, -0.2) is 0 Å². The molecule has 0 spiro atoms. The Morgan fingerprint density at radius 2 is 1.67 bits per heavy atom. The number of carbonyl (C=O) groups is 2. The van der Waals surface area contributed by atoms with Gasteiger partial charge in [0.25, 0.3) is 5.91 Å². The van der Waals surface area contributed by atoms with Gasteiger partial charge in [-0.05, 0) is 35.4 Å². The molecule has 0 bridgehead atoms. The minimum Gasteiger partial charge on any atom is -0.492 e. The van der Waals surface area contributed by atoms with Crippen molar-refractivity contribution in [3.8, 4) is 5.75 Å². The Morgan fingerprint density at radius 1 is 0.926 bits per heavy atom. The lowest BCUT2D eigenvalue weighted by Crippen LogP contribution is -2.22. The van der Waals surface area contributed by atoms with E-state index in [9.17, 15) is 9.59 Å². The van der Waals surface area contributed by atoms with Gasteiger partial charge >= 0.3 is 5.97 Å². The van der Waals surface area contributed by atoms with Gasteiger partial charge < -0.3 is 14.8 Å². The fourth-order valence-electron chi connectivity index (χ4n) is 2.84. The largest absolute Gasteiger partial charge is 0.492 e. The van der Waals surface area contributed by atoms with E-state index in [4.69, 9.17) is 9.47 Å². The molecule has 1 amide bonds. The second-order valence-electron chi connectivity index (χ2n) is 5.95. The molecule has 1 N–H and O–H groups in total. The zero-order valence-electron chi connectivity index (χ0n) is 15.1. The number of rotatable bonds is 7. The third-order valence-electron chi connectivity index (χ3n) is 4.04. The van der Waals surface area contributed by atoms with Crippen LogP contribution in [0.15, 0.2) is 66.7 Å². The molecule has 5 nitrogen and oxygen atoms in total. The van der Waals surface area contributed by atoms with Gasteiger partial charge in [0.1, 0.15) is 5.75 Å². The molecule has 0 saturated heterocycles. The molecule has 0 aliphatic heterocycles. The quantitative estimate of drug-likeness (QED) is 0.645. The summed E-state index contributed by atoms with van der Waals surface area (Å²) in [5.41, 5.74) is 1.43. The molecule has 138 valence electrons. The Kier molecular flexibility index (Phi) is 6.05. The topological polar surface area (TPSA) is 64.6 Å². The molecular formula is C22H21NO4. The van der Waals surface area contributed by atoms with Crippen LogP contribution in [0.3, 0.4) is 0 Å². The molecule has 0 heterocycles. The van der Waals surface area contributed by atoms with E-state index in [2.05, 4.69) is 5.32 Å². The zero-order valence-corrected chi connectivity index (χ0v) is 15.1. The van der Waals surface area contributed by atoms with Gasteiger partial charge in [0.05, 0.1) is 18.7 Å². The summed E-state index contributed by atoms with van der Waals surface area (Å²) < 4.78 is 10.6. The second kappa shape index (κ2) is 8.85. The highest BCUT2D eigenvalue weighted by Gasteiger charge is 2.12. The van der Waals surface area contributed by atoms with Gasteiger partial charge in [-0.2, -0.15) is 0 Å². The number of benzene rings is 3. The van der Waals surface area contributed by atoms with Crippen molar-refractivity contribution in [1.82, 2.24) is 0 Å². The summed E-state index contributed by atoms with van der Waals surface area (Å²) in [6.45, 7) is 2.02. The fourth-order valence-corrected chi connectivity index (χ4v) is 2.84. The number of amides is 1. The summed E-state index contributed by atoms with van der Waals surface area (Å²) in [5.74, 6) is -0.275. The molecule has 0 atom stereocenters. The van der Waals surface area contributed by atoms with Gasteiger partial charge in [-0.1, -0.05) is 54.6 Å². The fraction of sp³-hybridized carbons (Fsp3) is 0.182. The normalized spacial score (nSPS) is 10.4. The number of hydrogen-bond acceptors (Lipinski definition) is 4. The maximum absolute atomic E-state index is 12.2. The maximum Gasteiger partial charge on any atom is 0.310 e. The van der Waals surface area contributed by atoms with Crippen LogP contribution in [0.25, 0.3) is 10.8 Å². The predicted octanol–water partition coefficient (Wildman–Crippen LogP) is 3.96. The first kappa shape index (κ1) is 18.5. The number of esters is 1. The number of para-hydroxylation sites is 2. The Labute approximate surface area is 157 Å². The van der Waals surface area contributed by atoms with Crippen molar-refractivity contribution in [2.75, 3.05) is 18.5 Å². The van der Waals surface area contributed by atoms with Crippen LogP contribution >= 0.6 is 0 Å². The third-order valence-corrected chi connectivity index (χ3v) is 4.04. The summed E-state index contributed by atoms with van der Waals surface area (Å²) in [5, 5.41) is 4.77. The van der Waals surface area contributed by atoms with Crippen molar-refractivity contribution in [2.24, 2.45) is 0 Å². The summed E-state index contributed by atoms with van der Waals surface area (Å²) in [7, 11) is 0. The van der Waals surface area contributed by atoms with Gasteiger partial charge in [0.15, 0.2) is 6.61 Å². The molecule has 0 saturated carbocycles. The zero-order chi connectivity index (χ0) is 19.1. The third kappa shape index (κ3) is 4.85. The Hall–Kier alpha value is -3.34. The molecule has 0 fully saturated rings. The number of fused-ring (bicyclic) bond motifs is 1. The van der Waals surface area contributed by atoms with Crippen LogP contribution in [-0.2, 0) is 20.7 Å². The van der Waals surface area contributed by atoms with E-state index in [1.807, 2.05) is 55.5 Å². The smallest absolute Gasteiger partial charge is 0.310 e. The van der Waals surface area contributed by atoms with Crippen molar-refractivity contribution in [1.29, 1.82) is 0 Å². The Morgan fingerprint density at radius 3 is 2.52 bits per heavy atom. The van der Waals surface area contributed by atoms with Gasteiger partial charge in [-0.3, -0.25) is 9.59 Å². The molecule has 3 rings (SSSR count). The van der Waals surface area contributed by atoms with Crippen molar-refractivity contribution in [3.63, 3.8) is 0 Å². The SMILES string of the molecule is CCOc1ccccc1NC(=O)COC(=O)Cc1cccc2ccccc12. The lowest BCUT2D eigenvalue weighted by atomic mass is 10.0. The number of nitrogens with one attached hydrogen (secondary N) is 1.